The number of hydrogen-bond acceptors (Lipinski definition) is 4. The van der Waals surface area contributed by atoms with Crippen molar-refractivity contribution < 1.29 is 20.2 Å². The van der Waals surface area contributed by atoms with E-state index in [1.807, 2.05) is 6.92 Å². The van der Waals surface area contributed by atoms with Crippen LogP contribution < -0.4 is 10.6 Å². The molecule has 6 rings (SSSR count). The molecule has 228 valence electrons. The summed E-state index contributed by atoms with van der Waals surface area (Å²) in [4.78, 5) is 24.3. The molecular formula is C37H46N4O2Sn+2. The number of quaternary nitrogens is 2. The zero-order valence-electron chi connectivity index (χ0n) is 27.8. The Morgan fingerprint density at radius 1 is 0.841 bits per heavy atom. The minimum absolute atomic E-state index is 0. The fourth-order valence-electron chi connectivity index (χ4n) is 8.16. The van der Waals surface area contributed by atoms with Crippen LogP contribution in [0.5, 0.6) is 0 Å². The van der Waals surface area contributed by atoms with Gasteiger partial charge in [0.05, 0.1) is 46.0 Å². The number of carbonyl (C=O) groups is 1. The Balaban J connectivity index is 0.00000384. The van der Waals surface area contributed by atoms with E-state index in [-0.39, 0.29) is 35.8 Å². The maximum atomic E-state index is 13.6. The van der Waals surface area contributed by atoms with Gasteiger partial charge < -0.3 is 4.74 Å². The molecule has 0 spiro atoms. The summed E-state index contributed by atoms with van der Waals surface area (Å²) in [5.41, 5.74) is 18.0. The zero-order valence-corrected chi connectivity index (χ0v) is 30.6. The number of hydrogen-bond donors (Lipinski definition) is 2. The molecule has 0 saturated heterocycles. The average Bonchev–Trinajstić information content (AvgIpc) is 3.72. The first kappa shape index (κ1) is 32.6. The van der Waals surface area contributed by atoms with E-state index in [1.54, 1.807) is 0 Å². The SMILES string of the molecule is CCOC(=O)C1=CC2=C3N=C(C=C4[NH2+]C(=CC5=NC(=CC6=C(CC)C(C)=C2[NH2+]6)C(C)=C5CC)C(C)=C4CC)C(C)C13CC.[Sn]. The Labute approximate surface area is 279 Å². The van der Waals surface area contributed by atoms with Gasteiger partial charge in [-0.25, -0.2) is 9.79 Å². The summed E-state index contributed by atoms with van der Waals surface area (Å²) < 4.78 is 5.68. The Kier molecular flexibility index (Phi) is 9.02. The topological polar surface area (TPSA) is 84.2 Å². The van der Waals surface area contributed by atoms with E-state index < -0.39 is 5.41 Å². The Bertz CT molecular complexity index is 1720. The number of carbonyl (C=O) groups excluding carboxylic acids is 1. The van der Waals surface area contributed by atoms with E-state index in [0.29, 0.717) is 6.61 Å². The molecule has 0 aromatic carbocycles. The minimum atomic E-state index is -0.515. The van der Waals surface area contributed by atoms with Crippen LogP contribution in [0.2, 0.25) is 0 Å². The van der Waals surface area contributed by atoms with Gasteiger partial charge in [0.2, 0.25) is 0 Å². The molecule has 0 amide bonds. The summed E-state index contributed by atoms with van der Waals surface area (Å²) in [7, 11) is 0. The minimum Gasteiger partial charge on any atom is -0.463 e. The van der Waals surface area contributed by atoms with Crippen LogP contribution in [0.25, 0.3) is 0 Å². The van der Waals surface area contributed by atoms with Gasteiger partial charge in [-0.2, -0.15) is 0 Å². The Morgan fingerprint density at radius 3 is 2.18 bits per heavy atom. The molecule has 0 saturated carbocycles. The van der Waals surface area contributed by atoms with Crippen LogP contribution in [-0.4, -0.2) is 47.9 Å². The third-order valence-corrected chi connectivity index (χ3v) is 10.6. The first-order valence-corrected chi connectivity index (χ1v) is 16.2. The first-order valence-electron chi connectivity index (χ1n) is 16.2. The quantitative estimate of drug-likeness (QED) is 0.284. The van der Waals surface area contributed by atoms with Crippen molar-refractivity contribution in [3.05, 3.63) is 103 Å². The van der Waals surface area contributed by atoms with Crippen molar-refractivity contribution in [2.24, 2.45) is 21.3 Å². The summed E-state index contributed by atoms with van der Waals surface area (Å²) in [5, 5.41) is 4.62. The second-order valence-electron chi connectivity index (χ2n) is 12.4. The van der Waals surface area contributed by atoms with Gasteiger partial charge in [0.15, 0.2) is 0 Å². The largest absolute Gasteiger partial charge is 0.463 e. The van der Waals surface area contributed by atoms with E-state index in [4.69, 9.17) is 14.7 Å². The van der Waals surface area contributed by atoms with Gasteiger partial charge in [0, 0.05) is 70.3 Å². The fraction of sp³-hybridized carbons (Fsp3) is 0.432. The van der Waals surface area contributed by atoms with Crippen LogP contribution >= 0.6 is 0 Å². The Morgan fingerprint density at radius 2 is 1.55 bits per heavy atom. The van der Waals surface area contributed by atoms with Crippen LogP contribution in [-0.2, 0) is 9.53 Å². The van der Waals surface area contributed by atoms with Gasteiger partial charge in [-0.15, -0.1) is 0 Å². The Hall–Kier alpha value is -2.81. The van der Waals surface area contributed by atoms with E-state index in [9.17, 15) is 4.79 Å². The van der Waals surface area contributed by atoms with Crippen molar-refractivity contribution in [2.45, 2.75) is 88.0 Å². The number of nitrogens with zero attached hydrogens (tertiary/aromatic N) is 2. The monoisotopic (exact) mass is 698 g/mol. The number of esters is 1. The van der Waals surface area contributed by atoms with E-state index in [0.717, 1.165) is 65.3 Å². The number of nitrogens with two attached hydrogens (primary N) is 2. The van der Waals surface area contributed by atoms with Gasteiger partial charge in [-0.05, 0) is 70.6 Å². The van der Waals surface area contributed by atoms with E-state index in [1.165, 1.54) is 50.5 Å². The molecule has 2 atom stereocenters. The van der Waals surface area contributed by atoms with Crippen LogP contribution in [0.4, 0.5) is 0 Å². The molecule has 5 aliphatic heterocycles. The molecule has 8 bridgehead atoms. The molecule has 5 heterocycles. The molecule has 0 aromatic rings. The summed E-state index contributed by atoms with van der Waals surface area (Å²) >= 11 is 0. The van der Waals surface area contributed by atoms with Crippen molar-refractivity contribution in [3.63, 3.8) is 0 Å². The molecular weight excluding hydrogens is 651 g/mol. The first-order chi connectivity index (χ1) is 20.6. The second-order valence-corrected chi connectivity index (χ2v) is 12.4. The molecule has 7 heteroatoms. The van der Waals surface area contributed by atoms with Crippen LogP contribution in [0.1, 0.15) is 88.0 Å². The maximum absolute atomic E-state index is 13.6. The smallest absolute Gasteiger partial charge is 0.335 e. The van der Waals surface area contributed by atoms with Gasteiger partial charge in [-0.3, -0.25) is 15.6 Å². The summed E-state index contributed by atoms with van der Waals surface area (Å²) in [6.07, 6.45) is 12.5. The number of allylic oxidation sites excluding steroid dienone is 11. The zero-order chi connectivity index (χ0) is 30.8. The summed E-state index contributed by atoms with van der Waals surface area (Å²) in [5.74, 6) is -0.198. The molecule has 44 heavy (non-hydrogen) atoms. The van der Waals surface area contributed by atoms with Crippen molar-refractivity contribution in [1.82, 2.24) is 0 Å². The van der Waals surface area contributed by atoms with Gasteiger partial charge in [0.1, 0.15) is 22.8 Å². The van der Waals surface area contributed by atoms with E-state index >= 15 is 0 Å². The molecule has 4 N–H and O–H groups in total. The molecule has 6 nitrogen and oxygen atoms in total. The molecule has 0 aromatic heterocycles. The molecule has 2 unspecified atom stereocenters. The predicted molar refractivity (Wildman–Crippen MR) is 178 cm³/mol. The van der Waals surface area contributed by atoms with Crippen molar-refractivity contribution in [2.75, 3.05) is 6.61 Å². The summed E-state index contributed by atoms with van der Waals surface area (Å²) in [6.45, 7) is 20.0. The molecule has 1 aliphatic carbocycles. The molecule has 4 radical (unpaired) electrons. The number of fused-ring (bicyclic) bond motifs is 6. The maximum Gasteiger partial charge on any atom is 0.335 e. The third kappa shape index (κ3) is 4.62. The van der Waals surface area contributed by atoms with Crippen LogP contribution in [0, 0.1) is 11.3 Å². The number of ether oxygens (including phenoxy) is 1. The van der Waals surface area contributed by atoms with E-state index in [2.05, 4.69) is 90.3 Å². The average molecular weight is 698 g/mol. The predicted octanol–water partition coefficient (Wildman–Crippen LogP) is 5.51. The van der Waals surface area contributed by atoms with Crippen molar-refractivity contribution in [3.8, 4) is 0 Å². The normalized spacial score (nSPS) is 25.8. The fourth-order valence-corrected chi connectivity index (χ4v) is 8.16. The second kappa shape index (κ2) is 12.2. The number of rotatable bonds is 6. The number of aliphatic imine (C=N–C) groups is 2. The van der Waals surface area contributed by atoms with Gasteiger partial charge >= 0.3 is 5.97 Å². The third-order valence-electron chi connectivity index (χ3n) is 10.6. The van der Waals surface area contributed by atoms with Crippen molar-refractivity contribution in [1.29, 1.82) is 0 Å². The van der Waals surface area contributed by atoms with Crippen LogP contribution in [0.15, 0.2) is 113 Å². The molecule has 6 aliphatic rings. The van der Waals surface area contributed by atoms with Gasteiger partial charge in [0.25, 0.3) is 0 Å². The summed E-state index contributed by atoms with van der Waals surface area (Å²) in [6, 6.07) is 0. The van der Waals surface area contributed by atoms with Gasteiger partial charge in [-0.1, -0.05) is 34.6 Å². The van der Waals surface area contributed by atoms with Crippen LogP contribution in [0.3, 0.4) is 0 Å². The standard InChI is InChI=1S/C37H44N4O2.Sn/c1-10-23-19(6)29-17-33-25(12-3)21(8)34(40-33)26-15-27(36(42)43-14-5)37(13-4)22(9)30(41-35(26)37)18-32-24(11-2)20(7)28(39-32)16-31(23)38-29;/h15-18,22,39-40H,10-14H2,1-9H3;/p+2. The molecule has 0 fully saturated rings. The van der Waals surface area contributed by atoms with Crippen molar-refractivity contribution >= 4 is 41.3 Å².